The zero-order valence-electron chi connectivity index (χ0n) is 15.3. The standard InChI is InChI=1S/C18H23N5OS/c1-10(2)23-17-15(8-19-23)12(4)14(13(5)21-17)6-7-16(24)22-18-20-11(3)9-25-18/h8-10H,6-7H2,1-5H3,(H,20,22,24). The van der Waals surface area contributed by atoms with Crippen molar-refractivity contribution in [2.45, 2.75) is 53.5 Å². The summed E-state index contributed by atoms with van der Waals surface area (Å²) in [6.45, 7) is 10.2. The van der Waals surface area contributed by atoms with Crippen molar-refractivity contribution in [1.29, 1.82) is 0 Å². The third-order valence-corrected chi connectivity index (χ3v) is 5.17. The van der Waals surface area contributed by atoms with Crippen molar-refractivity contribution < 1.29 is 4.79 Å². The van der Waals surface area contributed by atoms with Gasteiger partial charge in [0.25, 0.3) is 0 Å². The maximum absolute atomic E-state index is 12.2. The zero-order valence-corrected chi connectivity index (χ0v) is 16.1. The molecule has 1 amide bonds. The summed E-state index contributed by atoms with van der Waals surface area (Å²) in [5.74, 6) is -0.0221. The van der Waals surface area contributed by atoms with Crippen molar-refractivity contribution in [2.75, 3.05) is 5.32 Å². The second-order valence-electron chi connectivity index (χ2n) is 6.56. The number of amides is 1. The quantitative estimate of drug-likeness (QED) is 0.750. The molecule has 0 aliphatic rings. The van der Waals surface area contributed by atoms with Gasteiger partial charge in [0.05, 0.1) is 11.9 Å². The Balaban J connectivity index is 1.78. The van der Waals surface area contributed by atoms with Crippen LogP contribution < -0.4 is 5.32 Å². The maximum Gasteiger partial charge on any atom is 0.226 e. The summed E-state index contributed by atoms with van der Waals surface area (Å²) < 4.78 is 1.94. The molecule has 0 unspecified atom stereocenters. The number of nitrogens with one attached hydrogen (secondary N) is 1. The molecule has 7 heteroatoms. The molecule has 0 aliphatic carbocycles. The number of hydrogen-bond acceptors (Lipinski definition) is 5. The number of rotatable bonds is 5. The summed E-state index contributed by atoms with van der Waals surface area (Å²) in [7, 11) is 0. The normalized spacial score (nSPS) is 11.4. The predicted molar refractivity (Wildman–Crippen MR) is 101 cm³/mol. The Kier molecular flexibility index (Phi) is 4.85. The average Bonchev–Trinajstić information content (AvgIpc) is 3.13. The SMILES string of the molecule is Cc1csc(NC(=O)CCc2c(C)nc3c(cnn3C(C)C)c2C)n1. The molecule has 0 saturated heterocycles. The molecule has 6 nitrogen and oxygen atoms in total. The van der Waals surface area contributed by atoms with Crippen LogP contribution in [0.3, 0.4) is 0 Å². The number of nitrogens with zero attached hydrogens (tertiary/aromatic N) is 4. The van der Waals surface area contributed by atoms with Gasteiger partial charge in [0.2, 0.25) is 5.91 Å². The van der Waals surface area contributed by atoms with Gasteiger partial charge in [-0.25, -0.2) is 14.6 Å². The lowest BCUT2D eigenvalue weighted by molar-refractivity contribution is -0.116. The van der Waals surface area contributed by atoms with Crippen molar-refractivity contribution in [3.05, 3.63) is 34.1 Å². The zero-order chi connectivity index (χ0) is 18.1. The van der Waals surface area contributed by atoms with E-state index in [1.54, 1.807) is 0 Å². The van der Waals surface area contributed by atoms with E-state index in [0.29, 0.717) is 18.0 Å². The minimum Gasteiger partial charge on any atom is -0.302 e. The fraction of sp³-hybridized carbons (Fsp3) is 0.444. The van der Waals surface area contributed by atoms with Crippen LogP contribution in [0.25, 0.3) is 11.0 Å². The van der Waals surface area contributed by atoms with Crippen LogP contribution in [0.15, 0.2) is 11.6 Å². The lowest BCUT2D eigenvalue weighted by Crippen LogP contribution is -2.13. The number of anilines is 1. The third-order valence-electron chi connectivity index (χ3n) is 4.29. The Morgan fingerprint density at radius 3 is 2.68 bits per heavy atom. The Labute approximate surface area is 151 Å². The first-order valence-corrected chi connectivity index (χ1v) is 9.30. The molecule has 0 aromatic carbocycles. The number of aryl methyl sites for hydroxylation is 3. The van der Waals surface area contributed by atoms with E-state index in [-0.39, 0.29) is 11.9 Å². The van der Waals surface area contributed by atoms with E-state index in [2.05, 4.69) is 36.2 Å². The molecule has 3 rings (SSSR count). The molecule has 1 N–H and O–H groups in total. The van der Waals surface area contributed by atoms with E-state index >= 15 is 0 Å². The van der Waals surface area contributed by atoms with Crippen LogP contribution in [-0.4, -0.2) is 25.7 Å². The van der Waals surface area contributed by atoms with Crippen molar-refractivity contribution in [3.8, 4) is 0 Å². The number of pyridine rings is 1. The topological polar surface area (TPSA) is 72.7 Å². The number of aromatic nitrogens is 4. The van der Waals surface area contributed by atoms with Gasteiger partial charge in [-0.3, -0.25) is 4.79 Å². The molecule has 132 valence electrons. The summed E-state index contributed by atoms with van der Waals surface area (Å²) in [5.41, 5.74) is 5.08. The van der Waals surface area contributed by atoms with Crippen LogP contribution in [0.1, 0.15) is 48.8 Å². The van der Waals surface area contributed by atoms with E-state index in [1.807, 2.05) is 30.1 Å². The van der Waals surface area contributed by atoms with Crippen LogP contribution in [-0.2, 0) is 11.2 Å². The lowest BCUT2D eigenvalue weighted by Gasteiger charge is -2.12. The highest BCUT2D eigenvalue weighted by Crippen LogP contribution is 2.25. The number of hydrogen-bond donors (Lipinski definition) is 1. The molecule has 3 heterocycles. The highest BCUT2D eigenvalue weighted by atomic mass is 32.1. The highest BCUT2D eigenvalue weighted by molar-refractivity contribution is 7.13. The second-order valence-corrected chi connectivity index (χ2v) is 7.42. The Morgan fingerprint density at radius 2 is 2.04 bits per heavy atom. The number of fused-ring (bicyclic) bond motifs is 1. The van der Waals surface area contributed by atoms with Crippen LogP contribution in [0.4, 0.5) is 5.13 Å². The summed E-state index contributed by atoms with van der Waals surface area (Å²) in [6, 6.07) is 0.266. The summed E-state index contributed by atoms with van der Waals surface area (Å²) in [4.78, 5) is 21.2. The van der Waals surface area contributed by atoms with Crippen molar-refractivity contribution >= 4 is 33.4 Å². The number of carbonyl (C=O) groups excluding carboxylic acids is 1. The smallest absolute Gasteiger partial charge is 0.226 e. The first-order chi connectivity index (χ1) is 11.9. The van der Waals surface area contributed by atoms with Gasteiger partial charge in [-0.05, 0) is 52.2 Å². The lowest BCUT2D eigenvalue weighted by atomic mass is 10.0. The van der Waals surface area contributed by atoms with Gasteiger partial charge in [0.1, 0.15) is 0 Å². The van der Waals surface area contributed by atoms with Gasteiger partial charge < -0.3 is 5.32 Å². The summed E-state index contributed by atoms with van der Waals surface area (Å²) in [6.07, 6.45) is 2.94. The molecule has 0 aliphatic heterocycles. The maximum atomic E-state index is 12.2. The van der Waals surface area contributed by atoms with Crippen molar-refractivity contribution in [1.82, 2.24) is 19.7 Å². The monoisotopic (exact) mass is 357 g/mol. The van der Waals surface area contributed by atoms with Gasteiger partial charge in [-0.2, -0.15) is 5.10 Å². The summed E-state index contributed by atoms with van der Waals surface area (Å²) >= 11 is 1.45. The molecular formula is C18H23N5OS. The molecule has 0 atom stereocenters. The molecular weight excluding hydrogens is 334 g/mol. The van der Waals surface area contributed by atoms with Gasteiger partial charge in [-0.15, -0.1) is 11.3 Å². The van der Waals surface area contributed by atoms with Gasteiger partial charge in [0.15, 0.2) is 10.8 Å². The van der Waals surface area contributed by atoms with E-state index in [1.165, 1.54) is 11.3 Å². The summed E-state index contributed by atoms with van der Waals surface area (Å²) in [5, 5.41) is 11.0. The van der Waals surface area contributed by atoms with Gasteiger partial charge in [-0.1, -0.05) is 0 Å². The molecule has 0 radical (unpaired) electrons. The first-order valence-electron chi connectivity index (χ1n) is 8.42. The number of thiazole rings is 1. The van der Waals surface area contributed by atoms with Gasteiger partial charge >= 0.3 is 0 Å². The van der Waals surface area contributed by atoms with Crippen molar-refractivity contribution in [3.63, 3.8) is 0 Å². The Bertz CT molecular complexity index is 925. The molecule has 0 spiro atoms. The molecule has 25 heavy (non-hydrogen) atoms. The minimum atomic E-state index is -0.0221. The molecule has 3 aromatic rings. The molecule has 0 saturated carbocycles. The largest absolute Gasteiger partial charge is 0.302 e. The van der Waals surface area contributed by atoms with E-state index in [9.17, 15) is 4.79 Å². The third kappa shape index (κ3) is 3.56. The second kappa shape index (κ2) is 6.92. The van der Waals surface area contributed by atoms with Crippen LogP contribution in [0.2, 0.25) is 0 Å². The van der Waals surface area contributed by atoms with Gasteiger partial charge in [0, 0.05) is 28.9 Å². The molecule has 3 aromatic heterocycles. The predicted octanol–water partition coefficient (Wildman–Crippen LogP) is 3.97. The highest BCUT2D eigenvalue weighted by Gasteiger charge is 2.16. The molecule has 0 bridgehead atoms. The first kappa shape index (κ1) is 17.5. The fourth-order valence-electron chi connectivity index (χ4n) is 2.97. The molecule has 0 fully saturated rings. The minimum absolute atomic E-state index is 0.0221. The fourth-order valence-corrected chi connectivity index (χ4v) is 3.67. The Hall–Kier alpha value is -2.28. The average molecular weight is 357 g/mol. The van der Waals surface area contributed by atoms with E-state index in [0.717, 1.165) is 33.5 Å². The van der Waals surface area contributed by atoms with Crippen LogP contribution in [0, 0.1) is 20.8 Å². The number of carbonyl (C=O) groups is 1. The Morgan fingerprint density at radius 1 is 1.28 bits per heavy atom. The van der Waals surface area contributed by atoms with Crippen LogP contribution in [0.5, 0.6) is 0 Å². The van der Waals surface area contributed by atoms with Crippen molar-refractivity contribution in [2.24, 2.45) is 0 Å². The van der Waals surface area contributed by atoms with E-state index in [4.69, 9.17) is 4.98 Å². The van der Waals surface area contributed by atoms with Crippen LogP contribution >= 0.6 is 11.3 Å². The van der Waals surface area contributed by atoms with E-state index < -0.39 is 0 Å².